The van der Waals surface area contributed by atoms with Gasteiger partial charge in [-0.05, 0) is 42.2 Å². The lowest BCUT2D eigenvalue weighted by Gasteiger charge is -2.22. The van der Waals surface area contributed by atoms with E-state index in [9.17, 15) is 9.90 Å². The second-order valence-electron chi connectivity index (χ2n) is 6.58. The van der Waals surface area contributed by atoms with E-state index >= 15 is 0 Å². The van der Waals surface area contributed by atoms with Crippen molar-refractivity contribution in [3.63, 3.8) is 0 Å². The Bertz CT molecular complexity index is 660. The highest BCUT2D eigenvalue weighted by Gasteiger charge is 2.25. The number of hydrogen-bond acceptors (Lipinski definition) is 6. The second-order valence-corrected chi connectivity index (χ2v) is 7.36. The number of carbonyl (C=O) groups excluding carboxylic acids is 1. The molecular formula is C17H23N3O3S. The zero-order valence-corrected chi connectivity index (χ0v) is 14.6. The number of aryl methyl sites for hydroxylation is 1. The number of amides is 1. The van der Waals surface area contributed by atoms with Crippen LogP contribution in [0.2, 0.25) is 0 Å². The molecule has 1 unspecified atom stereocenters. The number of nitrogens with zero attached hydrogens (tertiary/aromatic N) is 2. The van der Waals surface area contributed by atoms with Crippen molar-refractivity contribution in [2.24, 2.45) is 0 Å². The molecule has 2 heterocycles. The summed E-state index contributed by atoms with van der Waals surface area (Å²) in [6.45, 7) is 1.88. The van der Waals surface area contributed by atoms with Crippen LogP contribution in [0.5, 0.6) is 0 Å². The first kappa shape index (κ1) is 17.1. The number of aromatic nitrogens is 2. The molecule has 1 aliphatic rings. The van der Waals surface area contributed by atoms with Gasteiger partial charge in [0.25, 0.3) is 0 Å². The molecule has 6 nitrogen and oxygen atoms in total. The first-order valence-electron chi connectivity index (χ1n) is 8.38. The Labute approximate surface area is 145 Å². The number of aliphatic hydroxyl groups is 1. The summed E-state index contributed by atoms with van der Waals surface area (Å²) in [5.74, 6) is 1.48. The van der Waals surface area contributed by atoms with Crippen LogP contribution in [-0.2, 0) is 16.8 Å². The molecule has 0 bridgehead atoms. The number of rotatable bonds is 7. The largest absolute Gasteiger partial charge is 0.425 e. The Kier molecular flexibility index (Phi) is 5.30. The van der Waals surface area contributed by atoms with E-state index in [0.717, 1.165) is 18.4 Å². The van der Waals surface area contributed by atoms with Crippen molar-refractivity contribution in [3.8, 4) is 0 Å². The molecule has 2 aromatic heterocycles. The molecule has 1 aliphatic carbocycles. The van der Waals surface area contributed by atoms with Crippen molar-refractivity contribution in [2.45, 2.75) is 57.0 Å². The van der Waals surface area contributed by atoms with Gasteiger partial charge in [-0.25, -0.2) is 0 Å². The zero-order chi connectivity index (χ0) is 17.0. The van der Waals surface area contributed by atoms with Gasteiger partial charge >= 0.3 is 0 Å². The van der Waals surface area contributed by atoms with Crippen molar-refractivity contribution in [3.05, 3.63) is 34.2 Å². The fourth-order valence-corrected chi connectivity index (χ4v) is 3.74. The number of nitrogens with one attached hydrogen (secondary N) is 1. The van der Waals surface area contributed by atoms with E-state index in [1.807, 2.05) is 16.8 Å². The summed E-state index contributed by atoms with van der Waals surface area (Å²) in [6, 6.07) is 1.86. The Balaban J connectivity index is 1.44. The minimum Gasteiger partial charge on any atom is -0.425 e. The minimum absolute atomic E-state index is 0.133. The molecule has 1 amide bonds. The molecule has 2 aromatic rings. The van der Waals surface area contributed by atoms with Crippen LogP contribution < -0.4 is 5.32 Å². The van der Waals surface area contributed by atoms with E-state index in [2.05, 4.69) is 15.5 Å². The highest BCUT2D eigenvalue weighted by molar-refractivity contribution is 7.08. The van der Waals surface area contributed by atoms with Gasteiger partial charge in [-0.2, -0.15) is 11.3 Å². The van der Waals surface area contributed by atoms with Gasteiger partial charge in [0.15, 0.2) is 0 Å². The number of hydrogen-bond donors (Lipinski definition) is 2. The van der Waals surface area contributed by atoms with Crippen LogP contribution in [0.4, 0.5) is 0 Å². The predicted octanol–water partition coefficient (Wildman–Crippen LogP) is 2.75. The topological polar surface area (TPSA) is 88.2 Å². The smallest absolute Gasteiger partial charge is 0.220 e. The number of carbonyl (C=O) groups is 1. The van der Waals surface area contributed by atoms with E-state index in [0.29, 0.717) is 24.1 Å². The molecule has 3 rings (SSSR count). The van der Waals surface area contributed by atoms with Crippen LogP contribution in [0.15, 0.2) is 21.2 Å². The summed E-state index contributed by atoms with van der Waals surface area (Å²) in [4.78, 5) is 12.0. The third kappa shape index (κ3) is 4.21. The van der Waals surface area contributed by atoms with Gasteiger partial charge in [-0.3, -0.25) is 4.79 Å². The molecule has 1 saturated carbocycles. The monoisotopic (exact) mass is 349 g/mol. The zero-order valence-electron chi connectivity index (χ0n) is 13.8. The third-order valence-corrected chi connectivity index (χ3v) is 5.21. The van der Waals surface area contributed by atoms with E-state index in [4.69, 9.17) is 4.42 Å². The summed E-state index contributed by atoms with van der Waals surface area (Å²) in [5, 5.41) is 25.1. The maximum Gasteiger partial charge on any atom is 0.220 e. The highest BCUT2D eigenvalue weighted by atomic mass is 32.1. The summed E-state index contributed by atoms with van der Waals surface area (Å²) >= 11 is 1.52. The van der Waals surface area contributed by atoms with Crippen LogP contribution in [0.25, 0.3) is 0 Å². The van der Waals surface area contributed by atoms with Crippen LogP contribution in [-0.4, -0.2) is 27.8 Å². The molecule has 1 atom stereocenters. The minimum atomic E-state index is -1.06. The molecule has 130 valence electrons. The molecule has 7 heteroatoms. The van der Waals surface area contributed by atoms with E-state index in [1.54, 1.807) is 6.92 Å². The average Bonchev–Trinajstić information content (AvgIpc) is 3.32. The van der Waals surface area contributed by atoms with E-state index in [-0.39, 0.29) is 18.9 Å². The van der Waals surface area contributed by atoms with Crippen LogP contribution in [0, 0.1) is 0 Å². The molecule has 0 radical (unpaired) electrons. The lowest BCUT2D eigenvalue weighted by Crippen LogP contribution is -2.38. The first-order chi connectivity index (χ1) is 11.5. The standard InChI is InChI=1S/C17H23N3O3S/c1-17(22,13-8-9-24-10-13)11-18-14(21)6-7-15-19-20-16(23-15)12-4-2-3-5-12/h8-10,12,22H,2-7,11H2,1H3,(H,18,21). The normalized spacial score (nSPS) is 17.8. The van der Waals surface area contributed by atoms with Crippen LogP contribution in [0.1, 0.15) is 62.3 Å². The molecule has 0 saturated heterocycles. The van der Waals surface area contributed by atoms with Crippen LogP contribution in [0.3, 0.4) is 0 Å². The summed E-state index contributed by atoms with van der Waals surface area (Å²) < 4.78 is 5.67. The van der Waals surface area contributed by atoms with Gasteiger partial charge in [-0.15, -0.1) is 10.2 Å². The lowest BCUT2D eigenvalue weighted by molar-refractivity contribution is -0.122. The Morgan fingerprint density at radius 3 is 2.96 bits per heavy atom. The first-order valence-corrected chi connectivity index (χ1v) is 9.33. The van der Waals surface area contributed by atoms with Gasteiger partial charge < -0.3 is 14.8 Å². The van der Waals surface area contributed by atoms with Gasteiger partial charge in [0.1, 0.15) is 5.60 Å². The Morgan fingerprint density at radius 1 is 1.46 bits per heavy atom. The fraction of sp³-hybridized carbons (Fsp3) is 0.588. The SMILES string of the molecule is CC(O)(CNC(=O)CCc1nnc(C2CCCC2)o1)c1ccsc1. The predicted molar refractivity (Wildman–Crippen MR) is 90.7 cm³/mol. The van der Waals surface area contributed by atoms with Gasteiger partial charge in [0.2, 0.25) is 17.7 Å². The quantitative estimate of drug-likeness (QED) is 0.802. The Hall–Kier alpha value is -1.73. The second kappa shape index (κ2) is 7.44. The highest BCUT2D eigenvalue weighted by Crippen LogP contribution is 2.33. The van der Waals surface area contributed by atoms with Gasteiger partial charge in [0.05, 0.1) is 6.54 Å². The van der Waals surface area contributed by atoms with Gasteiger partial charge in [-0.1, -0.05) is 12.8 Å². The molecule has 0 spiro atoms. The van der Waals surface area contributed by atoms with Crippen molar-refractivity contribution in [2.75, 3.05) is 6.54 Å². The summed E-state index contributed by atoms with van der Waals surface area (Å²) in [7, 11) is 0. The molecule has 24 heavy (non-hydrogen) atoms. The van der Waals surface area contributed by atoms with E-state index < -0.39 is 5.60 Å². The average molecular weight is 349 g/mol. The molecule has 2 N–H and O–H groups in total. The molecular weight excluding hydrogens is 326 g/mol. The maximum absolute atomic E-state index is 12.0. The van der Waals surface area contributed by atoms with Crippen molar-refractivity contribution < 1.29 is 14.3 Å². The third-order valence-electron chi connectivity index (χ3n) is 4.53. The van der Waals surface area contributed by atoms with Crippen molar-refractivity contribution in [1.29, 1.82) is 0 Å². The summed E-state index contributed by atoms with van der Waals surface area (Å²) in [5.41, 5.74) is -0.249. The molecule has 0 aliphatic heterocycles. The van der Waals surface area contributed by atoms with Crippen molar-refractivity contribution >= 4 is 17.2 Å². The van der Waals surface area contributed by atoms with Crippen molar-refractivity contribution in [1.82, 2.24) is 15.5 Å². The fourth-order valence-electron chi connectivity index (χ4n) is 2.96. The van der Waals surface area contributed by atoms with Gasteiger partial charge in [0, 0.05) is 18.8 Å². The molecule has 1 fully saturated rings. The maximum atomic E-state index is 12.0. The molecule has 0 aromatic carbocycles. The Morgan fingerprint density at radius 2 is 2.25 bits per heavy atom. The lowest BCUT2D eigenvalue weighted by atomic mass is 9.99. The van der Waals surface area contributed by atoms with E-state index in [1.165, 1.54) is 24.2 Å². The van der Waals surface area contributed by atoms with Crippen LogP contribution >= 0.6 is 11.3 Å². The number of thiophene rings is 1. The summed E-state index contributed by atoms with van der Waals surface area (Å²) in [6.07, 6.45) is 5.35.